The molecule has 27 heavy (non-hydrogen) atoms. The van der Waals surface area contributed by atoms with E-state index in [0.717, 1.165) is 36.3 Å². The second kappa shape index (κ2) is 8.52. The van der Waals surface area contributed by atoms with E-state index in [0.29, 0.717) is 23.2 Å². The lowest BCUT2D eigenvalue weighted by atomic mass is 10.1. The molecule has 2 heterocycles. The summed E-state index contributed by atoms with van der Waals surface area (Å²) in [5.41, 5.74) is 2.05. The molecule has 1 fully saturated rings. The van der Waals surface area contributed by atoms with Gasteiger partial charge >= 0.3 is 0 Å². The molecular formula is C20H19BrClN3O2. The summed E-state index contributed by atoms with van der Waals surface area (Å²) in [6, 6.07) is 15.7. The highest BCUT2D eigenvalue weighted by molar-refractivity contribution is 9.10. The largest absolute Gasteiger partial charge is 0.371 e. The number of ether oxygens (including phenoxy) is 1. The van der Waals surface area contributed by atoms with Crippen molar-refractivity contribution in [2.75, 3.05) is 26.2 Å². The summed E-state index contributed by atoms with van der Waals surface area (Å²) in [7, 11) is 0. The third-order valence-corrected chi connectivity index (χ3v) is 5.29. The number of hydrogen-bond donors (Lipinski definition) is 0. The van der Waals surface area contributed by atoms with Crippen LogP contribution in [0.2, 0.25) is 5.02 Å². The van der Waals surface area contributed by atoms with E-state index in [1.807, 2.05) is 36.4 Å². The molecule has 1 atom stereocenters. The fraction of sp³-hybridized carbons (Fsp3) is 0.300. The van der Waals surface area contributed by atoms with Crippen molar-refractivity contribution in [1.82, 2.24) is 15.0 Å². The first-order chi connectivity index (χ1) is 13.2. The summed E-state index contributed by atoms with van der Waals surface area (Å²) in [6.45, 7) is 3.32. The van der Waals surface area contributed by atoms with Gasteiger partial charge in [0.25, 0.3) is 0 Å². The Balaban J connectivity index is 1.36. The molecule has 0 aliphatic carbocycles. The second-order valence-electron chi connectivity index (χ2n) is 6.49. The highest BCUT2D eigenvalue weighted by Crippen LogP contribution is 2.25. The Morgan fingerprint density at radius 1 is 1.19 bits per heavy atom. The van der Waals surface area contributed by atoms with Gasteiger partial charge in [-0.25, -0.2) is 0 Å². The fourth-order valence-electron chi connectivity index (χ4n) is 3.17. The molecule has 2 aromatic carbocycles. The van der Waals surface area contributed by atoms with Crippen LogP contribution in [0.4, 0.5) is 0 Å². The third kappa shape index (κ3) is 4.76. The predicted molar refractivity (Wildman–Crippen MR) is 108 cm³/mol. The lowest BCUT2D eigenvalue weighted by molar-refractivity contribution is -0.0300. The van der Waals surface area contributed by atoms with E-state index in [2.05, 4.69) is 43.1 Å². The highest BCUT2D eigenvalue weighted by Gasteiger charge is 2.22. The van der Waals surface area contributed by atoms with Crippen LogP contribution in [0.25, 0.3) is 11.4 Å². The predicted octanol–water partition coefficient (Wildman–Crippen LogP) is 4.77. The van der Waals surface area contributed by atoms with Gasteiger partial charge < -0.3 is 9.26 Å². The number of benzene rings is 2. The molecule has 5 nitrogen and oxygen atoms in total. The van der Waals surface area contributed by atoms with Crippen LogP contribution >= 0.6 is 27.5 Å². The molecule has 4 rings (SSSR count). The molecule has 1 aliphatic heterocycles. The van der Waals surface area contributed by atoms with Crippen LogP contribution in [0.3, 0.4) is 0 Å². The molecule has 140 valence electrons. The van der Waals surface area contributed by atoms with E-state index in [-0.39, 0.29) is 6.10 Å². The van der Waals surface area contributed by atoms with Crippen molar-refractivity contribution in [3.05, 3.63) is 69.5 Å². The minimum Gasteiger partial charge on any atom is -0.371 e. The van der Waals surface area contributed by atoms with Gasteiger partial charge in [-0.1, -0.05) is 57.0 Å². The standard InChI is InChI=1S/C20H19BrClN3O2/c21-16-5-1-3-14(11-16)18-13-25(9-10-26-18)8-7-19-23-20(24-27-19)15-4-2-6-17(22)12-15/h1-6,11-12,18H,7-10,13H2. The monoisotopic (exact) mass is 447 g/mol. The zero-order chi connectivity index (χ0) is 18.6. The summed E-state index contributed by atoms with van der Waals surface area (Å²) in [5.74, 6) is 1.21. The van der Waals surface area contributed by atoms with Crippen molar-refractivity contribution in [1.29, 1.82) is 0 Å². The Morgan fingerprint density at radius 3 is 2.93 bits per heavy atom. The first-order valence-electron chi connectivity index (χ1n) is 8.85. The molecule has 1 aliphatic rings. The van der Waals surface area contributed by atoms with Gasteiger partial charge in [-0.3, -0.25) is 4.90 Å². The van der Waals surface area contributed by atoms with E-state index in [9.17, 15) is 0 Å². The number of morpholine rings is 1. The number of rotatable bonds is 5. The van der Waals surface area contributed by atoms with Crippen molar-refractivity contribution in [2.24, 2.45) is 0 Å². The molecule has 0 saturated carbocycles. The quantitative estimate of drug-likeness (QED) is 0.563. The van der Waals surface area contributed by atoms with Crippen LogP contribution in [0, 0.1) is 0 Å². The third-order valence-electron chi connectivity index (χ3n) is 4.56. The van der Waals surface area contributed by atoms with Crippen molar-refractivity contribution >= 4 is 27.5 Å². The van der Waals surface area contributed by atoms with Crippen LogP contribution in [0.5, 0.6) is 0 Å². The maximum absolute atomic E-state index is 6.03. The molecule has 0 amide bonds. The van der Waals surface area contributed by atoms with Crippen LogP contribution < -0.4 is 0 Å². The average Bonchev–Trinajstić information content (AvgIpc) is 3.16. The van der Waals surface area contributed by atoms with Gasteiger partial charge in [0.05, 0.1) is 12.7 Å². The Bertz CT molecular complexity index is 918. The number of halogens is 2. The fourth-order valence-corrected chi connectivity index (χ4v) is 3.78. The van der Waals surface area contributed by atoms with E-state index >= 15 is 0 Å². The molecule has 1 aromatic heterocycles. The SMILES string of the molecule is Clc1cccc(-c2noc(CCN3CCOC(c4cccc(Br)c4)C3)n2)c1. The summed E-state index contributed by atoms with van der Waals surface area (Å²) < 4.78 is 12.4. The van der Waals surface area contributed by atoms with Crippen molar-refractivity contribution < 1.29 is 9.26 Å². The molecule has 1 saturated heterocycles. The van der Waals surface area contributed by atoms with Crippen LogP contribution in [-0.4, -0.2) is 41.3 Å². The molecule has 3 aromatic rings. The topological polar surface area (TPSA) is 51.4 Å². The molecular weight excluding hydrogens is 430 g/mol. The highest BCUT2D eigenvalue weighted by atomic mass is 79.9. The minimum absolute atomic E-state index is 0.0842. The Morgan fingerprint density at radius 2 is 2.07 bits per heavy atom. The molecule has 0 bridgehead atoms. The normalized spacial score (nSPS) is 17.9. The summed E-state index contributed by atoms with van der Waals surface area (Å²) >= 11 is 9.56. The van der Waals surface area contributed by atoms with Crippen molar-refractivity contribution in [3.63, 3.8) is 0 Å². The first-order valence-corrected chi connectivity index (χ1v) is 10.0. The minimum atomic E-state index is 0.0842. The van der Waals surface area contributed by atoms with Gasteiger partial charge in [0.1, 0.15) is 0 Å². The molecule has 1 unspecified atom stereocenters. The lowest BCUT2D eigenvalue weighted by Crippen LogP contribution is -2.39. The molecule has 0 N–H and O–H groups in total. The summed E-state index contributed by atoms with van der Waals surface area (Å²) in [6.07, 6.45) is 0.791. The van der Waals surface area contributed by atoms with Gasteiger partial charge in [0.2, 0.25) is 11.7 Å². The Kier molecular flexibility index (Phi) is 5.88. The van der Waals surface area contributed by atoms with E-state index in [1.165, 1.54) is 5.56 Å². The smallest absolute Gasteiger partial charge is 0.228 e. The summed E-state index contributed by atoms with van der Waals surface area (Å²) in [4.78, 5) is 6.87. The lowest BCUT2D eigenvalue weighted by Gasteiger charge is -2.32. The van der Waals surface area contributed by atoms with E-state index in [4.69, 9.17) is 20.9 Å². The van der Waals surface area contributed by atoms with Gasteiger partial charge in [-0.05, 0) is 29.8 Å². The maximum Gasteiger partial charge on any atom is 0.228 e. The van der Waals surface area contributed by atoms with Gasteiger partial charge in [-0.2, -0.15) is 4.98 Å². The summed E-state index contributed by atoms with van der Waals surface area (Å²) in [5, 5.41) is 4.73. The van der Waals surface area contributed by atoms with Crippen LogP contribution in [0.1, 0.15) is 17.6 Å². The number of hydrogen-bond acceptors (Lipinski definition) is 5. The van der Waals surface area contributed by atoms with Crippen LogP contribution in [-0.2, 0) is 11.2 Å². The first kappa shape index (κ1) is 18.6. The zero-order valence-corrected chi connectivity index (χ0v) is 17.0. The molecule has 0 spiro atoms. The van der Waals surface area contributed by atoms with E-state index < -0.39 is 0 Å². The Labute approximate surface area is 171 Å². The Hall–Kier alpha value is -1.73. The van der Waals surface area contributed by atoms with E-state index in [1.54, 1.807) is 0 Å². The van der Waals surface area contributed by atoms with Gasteiger partial charge in [0, 0.05) is 41.1 Å². The van der Waals surface area contributed by atoms with Crippen molar-refractivity contribution in [2.45, 2.75) is 12.5 Å². The van der Waals surface area contributed by atoms with Crippen LogP contribution in [0.15, 0.2) is 57.5 Å². The van der Waals surface area contributed by atoms with Gasteiger partial charge in [0.15, 0.2) is 0 Å². The maximum atomic E-state index is 6.03. The number of nitrogens with zero attached hydrogens (tertiary/aromatic N) is 3. The molecule has 0 radical (unpaired) electrons. The number of aromatic nitrogens is 2. The zero-order valence-electron chi connectivity index (χ0n) is 14.6. The van der Waals surface area contributed by atoms with Gasteiger partial charge in [-0.15, -0.1) is 0 Å². The second-order valence-corrected chi connectivity index (χ2v) is 7.84. The average molecular weight is 449 g/mol. The van der Waals surface area contributed by atoms with Crippen molar-refractivity contribution in [3.8, 4) is 11.4 Å². The molecule has 7 heteroatoms.